The summed E-state index contributed by atoms with van der Waals surface area (Å²) in [7, 11) is 0. The van der Waals surface area contributed by atoms with E-state index in [1.54, 1.807) is 0 Å². The molecule has 2 aromatic carbocycles. The fourth-order valence-electron chi connectivity index (χ4n) is 2.59. The molecule has 0 amide bonds. The zero-order chi connectivity index (χ0) is 10.1. The van der Waals surface area contributed by atoms with Crippen LogP contribution >= 0.6 is 0 Å². The van der Waals surface area contributed by atoms with Gasteiger partial charge in [-0.1, -0.05) is 54.6 Å². The van der Waals surface area contributed by atoms with E-state index in [0.29, 0.717) is 5.92 Å². The van der Waals surface area contributed by atoms with Crippen molar-refractivity contribution >= 4 is 18.9 Å². The third kappa shape index (κ3) is 1.96. The molecule has 1 aliphatic rings. The number of aryl methyl sites for hydroxylation is 1. The summed E-state index contributed by atoms with van der Waals surface area (Å²) in [5.41, 5.74) is 4.53. The van der Waals surface area contributed by atoms with Crippen LogP contribution in [-0.4, -0.2) is 18.9 Å². The van der Waals surface area contributed by atoms with E-state index < -0.39 is 0 Å². The standard InChI is InChI=1S/C15H14.Li.H/c1-2-6-12(7-3-1)15-11-10-13-8-4-5-9-14(13)15;;/h1-9,15H,10-11H2;;. The van der Waals surface area contributed by atoms with Gasteiger partial charge in [0.1, 0.15) is 0 Å². The van der Waals surface area contributed by atoms with Gasteiger partial charge in [-0.2, -0.15) is 0 Å². The predicted molar refractivity (Wildman–Crippen MR) is 70.2 cm³/mol. The molecule has 0 saturated carbocycles. The maximum atomic E-state index is 2.28. The van der Waals surface area contributed by atoms with Crippen molar-refractivity contribution in [2.24, 2.45) is 0 Å². The molecular weight excluding hydrogens is 187 g/mol. The fourth-order valence-corrected chi connectivity index (χ4v) is 2.59. The number of rotatable bonds is 1. The summed E-state index contributed by atoms with van der Waals surface area (Å²) < 4.78 is 0. The van der Waals surface area contributed by atoms with Gasteiger partial charge in [0.15, 0.2) is 0 Å². The molecule has 0 aromatic heterocycles. The normalized spacial score (nSPS) is 17.6. The Bertz CT molecular complexity index is 462. The van der Waals surface area contributed by atoms with E-state index in [1.165, 1.54) is 29.5 Å². The van der Waals surface area contributed by atoms with E-state index in [0.717, 1.165) is 0 Å². The average Bonchev–Trinajstić information content (AvgIpc) is 2.74. The first-order valence-electron chi connectivity index (χ1n) is 5.58. The third-order valence-corrected chi connectivity index (χ3v) is 3.33. The van der Waals surface area contributed by atoms with Crippen molar-refractivity contribution in [3.05, 3.63) is 71.3 Å². The summed E-state index contributed by atoms with van der Waals surface area (Å²) in [6, 6.07) is 19.7. The zero-order valence-corrected chi connectivity index (χ0v) is 8.69. The van der Waals surface area contributed by atoms with Gasteiger partial charge in [0.25, 0.3) is 0 Å². The maximum Gasteiger partial charge on any atom is 0.00952 e. The van der Waals surface area contributed by atoms with Crippen LogP contribution in [0, 0.1) is 0 Å². The molecule has 1 atom stereocenters. The van der Waals surface area contributed by atoms with E-state index in [-0.39, 0.29) is 18.9 Å². The van der Waals surface area contributed by atoms with Gasteiger partial charge < -0.3 is 0 Å². The largest absolute Gasteiger partial charge is 0.0622 e. The molecule has 76 valence electrons. The second kappa shape index (κ2) is 4.91. The quantitative estimate of drug-likeness (QED) is 0.623. The molecule has 0 spiro atoms. The van der Waals surface area contributed by atoms with Gasteiger partial charge in [-0.25, -0.2) is 0 Å². The Morgan fingerprint density at radius 1 is 0.812 bits per heavy atom. The Morgan fingerprint density at radius 2 is 1.50 bits per heavy atom. The molecule has 16 heavy (non-hydrogen) atoms. The van der Waals surface area contributed by atoms with Crippen LogP contribution in [0.4, 0.5) is 0 Å². The van der Waals surface area contributed by atoms with Crippen molar-refractivity contribution in [3.8, 4) is 0 Å². The number of hydrogen-bond donors (Lipinski definition) is 0. The molecule has 1 aliphatic carbocycles. The van der Waals surface area contributed by atoms with Crippen LogP contribution in [0.1, 0.15) is 29.0 Å². The van der Waals surface area contributed by atoms with Crippen molar-refractivity contribution in [1.29, 1.82) is 0 Å². The summed E-state index contributed by atoms with van der Waals surface area (Å²) in [6.07, 6.45) is 2.50. The molecule has 1 heteroatoms. The van der Waals surface area contributed by atoms with Crippen molar-refractivity contribution < 1.29 is 0 Å². The fraction of sp³-hybridized carbons (Fsp3) is 0.200. The first-order chi connectivity index (χ1) is 7.45. The SMILES string of the molecule is [LiH].c1ccc(C2CCc3ccccc32)cc1. The van der Waals surface area contributed by atoms with Gasteiger partial charge in [-0.05, 0) is 29.5 Å². The van der Waals surface area contributed by atoms with Crippen LogP contribution in [-0.2, 0) is 6.42 Å². The molecule has 3 rings (SSSR count). The Labute approximate surface area is 109 Å². The van der Waals surface area contributed by atoms with Gasteiger partial charge in [0.05, 0.1) is 0 Å². The second-order valence-corrected chi connectivity index (χ2v) is 4.20. The van der Waals surface area contributed by atoms with Crippen molar-refractivity contribution in [3.63, 3.8) is 0 Å². The van der Waals surface area contributed by atoms with E-state index in [2.05, 4.69) is 54.6 Å². The topological polar surface area (TPSA) is 0 Å². The molecule has 0 fully saturated rings. The van der Waals surface area contributed by atoms with Crippen molar-refractivity contribution in [2.75, 3.05) is 0 Å². The summed E-state index contributed by atoms with van der Waals surface area (Å²) in [5, 5.41) is 0. The van der Waals surface area contributed by atoms with Crippen LogP contribution in [0.5, 0.6) is 0 Å². The second-order valence-electron chi connectivity index (χ2n) is 4.20. The minimum absolute atomic E-state index is 0. The molecule has 1 unspecified atom stereocenters. The molecule has 0 saturated heterocycles. The van der Waals surface area contributed by atoms with E-state index in [4.69, 9.17) is 0 Å². The summed E-state index contributed by atoms with van der Waals surface area (Å²) in [5.74, 6) is 0.627. The Kier molecular flexibility index (Phi) is 3.54. The number of fused-ring (bicyclic) bond motifs is 1. The molecule has 0 bridgehead atoms. The van der Waals surface area contributed by atoms with Gasteiger partial charge >= 0.3 is 18.9 Å². The average molecular weight is 202 g/mol. The van der Waals surface area contributed by atoms with Crippen LogP contribution in [0.3, 0.4) is 0 Å². The minimum atomic E-state index is 0. The van der Waals surface area contributed by atoms with E-state index in [1.807, 2.05) is 0 Å². The van der Waals surface area contributed by atoms with Crippen LogP contribution in [0.2, 0.25) is 0 Å². The Hall–Kier alpha value is -0.963. The first kappa shape index (κ1) is 11.5. The molecule has 0 heterocycles. The van der Waals surface area contributed by atoms with Gasteiger partial charge in [0.2, 0.25) is 0 Å². The summed E-state index contributed by atoms with van der Waals surface area (Å²) in [4.78, 5) is 0. The number of hydrogen-bond acceptors (Lipinski definition) is 0. The molecule has 0 nitrogen and oxygen atoms in total. The van der Waals surface area contributed by atoms with Gasteiger partial charge in [0, 0.05) is 5.92 Å². The Morgan fingerprint density at radius 3 is 2.31 bits per heavy atom. The van der Waals surface area contributed by atoms with E-state index >= 15 is 0 Å². The maximum absolute atomic E-state index is 2.28. The molecule has 0 aliphatic heterocycles. The first-order valence-corrected chi connectivity index (χ1v) is 5.58. The van der Waals surface area contributed by atoms with E-state index in [9.17, 15) is 0 Å². The van der Waals surface area contributed by atoms with Crippen molar-refractivity contribution in [2.45, 2.75) is 18.8 Å². The minimum Gasteiger partial charge on any atom is -0.0622 e. The van der Waals surface area contributed by atoms with Gasteiger partial charge in [-0.3, -0.25) is 0 Å². The molecular formula is C15H15Li. The smallest absolute Gasteiger partial charge is 0.00952 e. The molecule has 2 aromatic rings. The monoisotopic (exact) mass is 202 g/mol. The van der Waals surface area contributed by atoms with Crippen LogP contribution in [0.25, 0.3) is 0 Å². The Balaban J connectivity index is 0.000000963. The zero-order valence-electron chi connectivity index (χ0n) is 8.69. The molecule has 0 radical (unpaired) electrons. The summed E-state index contributed by atoms with van der Waals surface area (Å²) >= 11 is 0. The molecule has 0 N–H and O–H groups in total. The van der Waals surface area contributed by atoms with Gasteiger partial charge in [-0.15, -0.1) is 0 Å². The predicted octanol–water partition coefficient (Wildman–Crippen LogP) is 3.12. The number of benzene rings is 2. The van der Waals surface area contributed by atoms with Crippen molar-refractivity contribution in [1.82, 2.24) is 0 Å². The third-order valence-electron chi connectivity index (χ3n) is 3.33. The van der Waals surface area contributed by atoms with Crippen LogP contribution < -0.4 is 0 Å². The summed E-state index contributed by atoms with van der Waals surface area (Å²) in [6.45, 7) is 0. The van der Waals surface area contributed by atoms with Crippen LogP contribution in [0.15, 0.2) is 54.6 Å².